The molecule has 528 valence electrons. The van der Waals surface area contributed by atoms with Crippen molar-refractivity contribution in [2.24, 2.45) is 0 Å². The van der Waals surface area contributed by atoms with E-state index in [0.717, 1.165) is 77.0 Å². The molecule has 0 aliphatic carbocycles. The summed E-state index contributed by atoms with van der Waals surface area (Å²) in [6.07, 6.45) is 100. The van der Waals surface area contributed by atoms with Crippen LogP contribution in [0.25, 0.3) is 0 Å². The first-order valence-corrected chi connectivity index (χ1v) is 40.7. The molecule has 0 saturated heterocycles. The Morgan fingerprint density at radius 1 is 0.400 bits per heavy atom. The molecular weight excluding hydrogens is 1130 g/mol. The molecule has 0 rings (SSSR count). The van der Waals surface area contributed by atoms with E-state index in [-0.39, 0.29) is 19.1 Å². The molecule has 0 aliphatic rings. The Hall–Kier alpha value is -2.06. The number of likely N-dealkylation sites (N-methyl/N-ethyl adjacent to an activating group) is 1. The number of amides is 1. The van der Waals surface area contributed by atoms with E-state index < -0.39 is 20.0 Å². The van der Waals surface area contributed by atoms with Crippen molar-refractivity contribution in [3.63, 3.8) is 0 Å². The maximum atomic E-state index is 13.1. The number of hydrogen-bond donors (Lipinski definition) is 2. The van der Waals surface area contributed by atoms with E-state index in [2.05, 4.69) is 92.1 Å². The van der Waals surface area contributed by atoms with Crippen LogP contribution in [0.4, 0.5) is 0 Å². The van der Waals surface area contributed by atoms with Gasteiger partial charge in [0, 0.05) is 6.42 Å². The van der Waals surface area contributed by atoms with Crippen molar-refractivity contribution in [1.82, 2.24) is 5.32 Å². The minimum Gasteiger partial charge on any atom is -0.756 e. The molecular formula is C81H153N2O6P. The van der Waals surface area contributed by atoms with Crippen molar-refractivity contribution in [1.29, 1.82) is 0 Å². The highest BCUT2D eigenvalue weighted by Gasteiger charge is 2.24. The number of nitrogens with one attached hydrogen (secondary N) is 1. The molecule has 3 unspecified atom stereocenters. The summed E-state index contributed by atoms with van der Waals surface area (Å²) in [4.78, 5) is 25.7. The van der Waals surface area contributed by atoms with Gasteiger partial charge in [0.05, 0.1) is 39.9 Å². The summed E-state index contributed by atoms with van der Waals surface area (Å²) in [7, 11) is 1.32. The number of quaternary nitrogens is 1. The fraction of sp³-hybridized carbons (Fsp3) is 0.840. The Bertz CT molecular complexity index is 1700. The van der Waals surface area contributed by atoms with Crippen LogP contribution in [0.15, 0.2) is 72.9 Å². The second-order valence-corrected chi connectivity index (χ2v) is 29.5. The van der Waals surface area contributed by atoms with Crippen LogP contribution in [0.2, 0.25) is 0 Å². The molecule has 0 heterocycles. The van der Waals surface area contributed by atoms with Gasteiger partial charge in [0.25, 0.3) is 7.82 Å². The van der Waals surface area contributed by atoms with Gasteiger partial charge < -0.3 is 28.8 Å². The van der Waals surface area contributed by atoms with Crippen LogP contribution in [-0.4, -0.2) is 68.5 Å². The maximum absolute atomic E-state index is 13.1. The summed E-state index contributed by atoms with van der Waals surface area (Å²) in [6, 6.07) is -0.803. The smallest absolute Gasteiger partial charge is 0.268 e. The molecule has 0 spiro atoms. The third kappa shape index (κ3) is 73.4. The van der Waals surface area contributed by atoms with E-state index in [1.165, 1.54) is 283 Å². The van der Waals surface area contributed by atoms with Gasteiger partial charge in [0.1, 0.15) is 13.2 Å². The lowest BCUT2D eigenvalue weighted by molar-refractivity contribution is -0.870. The highest BCUT2D eigenvalue weighted by molar-refractivity contribution is 7.45. The maximum Gasteiger partial charge on any atom is 0.268 e. The number of rotatable bonds is 73. The fourth-order valence-electron chi connectivity index (χ4n) is 11.9. The third-order valence-corrected chi connectivity index (χ3v) is 18.9. The number of allylic oxidation sites excluding steroid dienone is 12. The SMILES string of the molecule is CC/C=C\C/C=C\C/C=C\C/C=C\C/C=C\C/C=C\CCCCCCCCCCCCCCCCCCCCCCCCC(=O)NC(COP(=O)([O-])OCC[N+](C)(C)C)C(O)CCCCCCCCCCCCCCCCCCCCCCCCCCCCC. The summed E-state index contributed by atoms with van der Waals surface area (Å²) in [5.41, 5.74) is 0. The van der Waals surface area contributed by atoms with Gasteiger partial charge in [-0.05, 0) is 64.2 Å². The largest absolute Gasteiger partial charge is 0.756 e. The number of phosphoric ester groups is 1. The van der Waals surface area contributed by atoms with Gasteiger partial charge >= 0.3 is 0 Å². The normalized spacial score (nSPS) is 13.9. The predicted molar refractivity (Wildman–Crippen MR) is 394 cm³/mol. The van der Waals surface area contributed by atoms with E-state index in [1.807, 2.05) is 21.1 Å². The first-order chi connectivity index (χ1) is 44.0. The third-order valence-electron chi connectivity index (χ3n) is 18.0. The highest BCUT2D eigenvalue weighted by Crippen LogP contribution is 2.38. The number of phosphoric acid groups is 1. The van der Waals surface area contributed by atoms with Gasteiger partial charge in [-0.25, -0.2) is 0 Å². The van der Waals surface area contributed by atoms with Gasteiger partial charge in [-0.3, -0.25) is 9.36 Å². The molecule has 9 heteroatoms. The molecule has 2 N–H and O–H groups in total. The predicted octanol–water partition coefficient (Wildman–Crippen LogP) is 25.0. The molecule has 0 aromatic heterocycles. The highest BCUT2D eigenvalue weighted by atomic mass is 31.2. The molecule has 0 aromatic rings. The Morgan fingerprint density at radius 2 is 0.678 bits per heavy atom. The number of aliphatic hydroxyl groups excluding tert-OH is 1. The summed E-state index contributed by atoms with van der Waals surface area (Å²) in [5, 5.41) is 14.1. The Morgan fingerprint density at radius 3 is 0.989 bits per heavy atom. The lowest BCUT2D eigenvalue weighted by Crippen LogP contribution is -2.46. The van der Waals surface area contributed by atoms with Gasteiger partial charge in [-0.2, -0.15) is 0 Å². The van der Waals surface area contributed by atoms with Crippen LogP contribution in [0, 0.1) is 0 Å². The van der Waals surface area contributed by atoms with Crippen LogP contribution in [0.1, 0.15) is 386 Å². The van der Waals surface area contributed by atoms with Crippen molar-refractivity contribution >= 4 is 13.7 Å². The van der Waals surface area contributed by atoms with Gasteiger partial charge in [-0.15, -0.1) is 0 Å². The summed E-state index contributed by atoms with van der Waals surface area (Å²) in [5.74, 6) is -0.157. The molecule has 8 nitrogen and oxygen atoms in total. The van der Waals surface area contributed by atoms with Crippen LogP contribution in [0.5, 0.6) is 0 Å². The number of unbranched alkanes of at least 4 members (excludes halogenated alkanes) is 48. The van der Waals surface area contributed by atoms with Gasteiger partial charge in [0.2, 0.25) is 5.91 Å². The van der Waals surface area contributed by atoms with E-state index in [0.29, 0.717) is 23.9 Å². The second kappa shape index (κ2) is 71.2. The van der Waals surface area contributed by atoms with E-state index in [1.54, 1.807) is 0 Å². The molecule has 0 radical (unpaired) electrons. The van der Waals surface area contributed by atoms with E-state index in [9.17, 15) is 19.4 Å². The van der Waals surface area contributed by atoms with Crippen molar-refractivity contribution < 1.29 is 32.9 Å². The first-order valence-electron chi connectivity index (χ1n) is 39.3. The molecule has 1 amide bonds. The number of aliphatic hydroxyl groups is 1. The molecule has 3 atom stereocenters. The topological polar surface area (TPSA) is 108 Å². The van der Waals surface area contributed by atoms with Crippen molar-refractivity contribution in [2.75, 3.05) is 40.9 Å². The Balaban J connectivity index is 3.92. The van der Waals surface area contributed by atoms with E-state index in [4.69, 9.17) is 9.05 Å². The van der Waals surface area contributed by atoms with Crippen LogP contribution >= 0.6 is 7.82 Å². The van der Waals surface area contributed by atoms with Crippen LogP contribution in [-0.2, 0) is 18.4 Å². The lowest BCUT2D eigenvalue weighted by atomic mass is 10.0. The molecule has 0 aromatic carbocycles. The average molecular weight is 1280 g/mol. The van der Waals surface area contributed by atoms with Crippen molar-refractivity contribution in [2.45, 2.75) is 398 Å². The van der Waals surface area contributed by atoms with Gasteiger partial charge in [-0.1, -0.05) is 389 Å². The average Bonchev–Trinajstić information content (AvgIpc) is 3.09. The quantitative estimate of drug-likeness (QED) is 0.0272. The van der Waals surface area contributed by atoms with Crippen LogP contribution < -0.4 is 10.2 Å². The number of hydrogen-bond acceptors (Lipinski definition) is 6. The zero-order valence-corrected chi connectivity index (χ0v) is 61.5. The monoisotopic (exact) mass is 1280 g/mol. The van der Waals surface area contributed by atoms with Crippen molar-refractivity contribution in [3.05, 3.63) is 72.9 Å². The number of nitrogens with zero attached hydrogens (tertiary/aromatic N) is 1. The number of carbonyl (C=O) groups excluding carboxylic acids is 1. The summed E-state index contributed by atoms with van der Waals surface area (Å²) in [6.45, 7) is 4.66. The standard InChI is InChI=1S/C81H153N2O6P/c1-6-8-10-12-14-16-18-20-22-24-26-28-30-32-34-35-36-37-38-39-40-41-42-43-44-45-46-47-49-51-53-55-57-59-61-63-65-67-69-71-73-75-81(85)82-79(78-89-90(86,87)88-77-76-83(3,4)5)80(84)74-72-70-68-66-64-62-60-58-56-54-52-50-48-33-31-29-27-25-23-21-19-17-15-13-11-9-7-2/h8,10,14,16,20,22,26,28,32,34,36-37,79-80,84H,6-7,9,11-13,15,17-19,21,23-25,27,29-31,33,35,38-78H2,1-5H3,(H-,82,85,86,87)/b10-8-,16-14-,22-20-,28-26-,34-32-,37-36-. The van der Waals surface area contributed by atoms with Gasteiger partial charge in [0.15, 0.2) is 0 Å². The van der Waals surface area contributed by atoms with Crippen molar-refractivity contribution in [3.8, 4) is 0 Å². The molecule has 0 fully saturated rings. The minimum absolute atomic E-state index is 0.0134. The van der Waals surface area contributed by atoms with E-state index >= 15 is 0 Å². The molecule has 90 heavy (non-hydrogen) atoms. The Kier molecular flexibility index (Phi) is 69.6. The Labute approximate surface area is 561 Å². The fourth-order valence-corrected chi connectivity index (χ4v) is 12.7. The molecule has 0 saturated carbocycles. The summed E-state index contributed by atoms with van der Waals surface area (Å²) < 4.78 is 23.6. The zero-order valence-electron chi connectivity index (χ0n) is 60.6. The molecule has 0 bridgehead atoms. The van der Waals surface area contributed by atoms with Crippen LogP contribution in [0.3, 0.4) is 0 Å². The molecule has 0 aliphatic heterocycles. The minimum atomic E-state index is -4.58. The zero-order chi connectivity index (χ0) is 65.5. The lowest BCUT2D eigenvalue weighted by Gasteiger charge is -2.30. The second-order valence-electron chi connectivity index (χ2n) is 28.0. The first kappa shape index (κ1) is 87.9. The number of carbonyl (C=O) groups is 1. The summed E-state index contributed by atoms with van der Waals surface area (Å²) >= 11 is 0.